The molecule has 0 rings (SSSR count). The largest absolute Gasteiger partial charge is 0.431 e. The molecule has 4 heteroatoms. The third-order valence-electron chi connectivity index (χ3n) is 2.94. The highest BCUT2D eigenvalue weighted by molar-refractivity contribution is 5.68. The molecule has 0 aliphatic carbocycles. The minimum absolute atomic E-state index is 0.334. The minimum atomic E-state index is -0.334. The molecule has 0 spiro atoms. The first-order valence-corrected chi connectivity index (χ1v) is 7.97. The second-order valence-corrected chi connectivity index (χ2v) is 6.32. The maximum atomic E-state index is 11.2. The highest BCUT2D eigenvalue weighted by atomic mass is 16.5. The van der Waals surface area contributed by atoms with Gasteiger partial charge >= 0.3 is 11.9 Å². The molecular weight excluding hydrogens is 280 g/mol. The zero-order valence-corrected chi connectivity index (χ0v) is 14.8. The molecule has 0 saturated carbocycles. The van der Waals surface area contributed by atoms with Crippen molar-refractivity contribution in [2.75, 3.05) is 0 Å². The van der Waals surface area contributed by atoms with Crippen LogP contribution < -0.4 is 0 Å². The molecule has 0 atom stereocenters. The summed E-state index contributed by atoms with van der Waals surface area (Å²) in [6.07, 6.45) is 6.71. The van der Waals surface area contributed by atoms with Gasteiger partial charge in [0.1, 0.15) is 11.5 Å². The van der Waals surface area contributed by atoms with E-state index in [1.165, 1.54) is 13.8 Å². The van der Waals surface area contributed by atoms with Crippen molar-refractivity contribution in [1.82, 2.24) is 0 Å². The second kappa shape index (κ2) is 11.0. The lowest BCUT2D eigenvalue weighted by molar-refractivity contribution is -0.138. The van der Waals surface area contributed by atoms with E-state index in [0.29, 0.717) is 36.2 Å². The Morgan fingerprint density at radius 2 is 1.09 bits per heavy atom. The summed E-state index contributed by atoms with van der Waals surface area (Å²) in [5.41, 5.74) is 0. The lowest BCUT2D eigenvalue weighted by atomic mass is 10.1. The average Bonchev–Trinajstić information content (AvgIpc) is 2.37. The fourth-order valence-electron chi connectivity index (χ4n) is 1.75. The van der Waals surface area contributed by atoms with E-state index in [1.807, 2.05) is 0 Å². The zero-order valence-electron chi connectivity index (χ0n) is 14.8. The van der Waals surface area contributed by atoms with Crippen LogP contribution in [0.25, 0.3) is 0 Å². The third kappa shape index (κ3) is 12.2. The van der Waals surface area contributed by atoms with Gasteiger partial charge in [-0.05, 0) is 36.8 Å². The molecule has 22 heavy (non-hydrogen) atoms. The summed E-state index contributed by atoms with van der Waals surface area (Å²) in [4.78, 5) is 22.3. The summed E-state index contributed by atoms with van der Waals surface area (Å²) in [7, 11) is 0. The predicted octanol–water partition coefficient (Wildman–Crippen LogP) is 4.75. The van der Waals surface area contributed by atoms with Gasteiger partial charge in [0.2, 0.25) is 0 Å². The highest BCUT2D eigenvalue weighted by Gasteiger charge is 2.07. The topological polar surface area (TPSA) is 52.6 Å². The number of hydrogen-bond donors (Lipinski definition) is 0. The van der Waals surface area contributed by atoms with Gasteiger partial charge in [-0.3, -0.25) is 9.59 Å². The molecule has 0 saturated heterocycles. The van der Waals surface area contributed by atoms with Crippen LogP contribution in [0.15, 0.2) is 23.7 Å². The molecule has 0 aromatic carbocycles. The number of allylic oxidation sites excluding steroid dienone is 4. The lowest BCUT2D eigenvalue weighted by Gasteiger charge is -2.10. The van der Waals surface area contributed by atoms with E-state index in [-0.39, 0.29) is 11.9 Å². The SMILES string of the molecule is CC(=O)O/C(=C\C=C(\CCC(C)C)OC(C)=O)CCC(C)C. The Morgan fingerprint density at radius 3 is 1.32 bits per heavy atom. The lowest BCUT2D eigenvalue weighted by Crippen LogP contribution is -2.02. The van der Waals surface area contributed by atoms with Crippen molar-refractivity contribution in [2.24, 2.45) is 11.8 Å². The molecule has 0 unspecified atom stereocenters. The second-order valence-electron chi connectivity index (χ2n) is 6.32. The van der Waals surface area contributed by atoms with Gasteiger partial charge in [0, 0.05) is 26.7 Å². The van der Waals surface area contributed by atoms with Crippen molar-refractivity contribution < 1.29 is 19.1 Å². The molecule has 0 N–H and O–H groups in total. The van der Waals surface area contributed by atoms with Crippen LogP contribution in [0.5, 0.6) is 0 Å². The molecule has 4 nitrogen and oxygen atoms in total. The number of carbonyl (C=O) groups is 2. The van der Waals surface area contributed by atoms with Crippen LogP contribution in [0.4, 0.5) is 0 Å². The number of carbonyl (C=O) groups excluding carboxylic acids is 2. The van der Waals surface area contributed by atoms with Crippen molar-refractivity contribution in [3.8, 4) is 0 Å². The third-order valence-corrected chi connectivity index (χ3v) is 2.94. The van der Waals surface area contributed by atoms with Gasteiger partial charge < -0.3 is 9.47 Å². The van der Waals surface area contributed by atoms with Gasteiger partial charge in [-0.2, -0.15) is 0 Å². The fraction of sp³-hybridized carbons (Fsp3) is 0.667. The van der Waals surface area contributed by atoms with E-state index in [2.05, 4.69) is 27.7 Å². The summed E-state index contributed by atoms with van der Waals surface area (Å²) in [5.74, 6) is 1.60. The van der Waals surface area contributed by atoms with Crippen LogP contribution in [-0.4, -0.2) is 11.9 Å². The first kappa shape index (κ1) is 20.4. The standard InChI is InChI=1S/C18H30O4/c1-13(2)7-9-17(21-15(5)19)11-12-18(22-16(6)20)10-8-14(3)4/h11-14H,7-10H2,1-6H3/b17-11-,18-12-. The molecule has 0 aliphatic heterocycles. The van der Waals surface area contributed by atoms with Crippen molar-refractivity contribution in [3.63, 3.8) is 0 Å². The van der Waals surface area contributed by atoms with E-state index in [1.54, 1.807) is 12.2 Å². The maximum absolute atomic E-state index is 11.2. The van der Waals surface area contributed by atoms with Crippen LogP contribution in [0, 0.1) is 11.8 Å². The zero-order chi connectivity index (χ0) is 17.1. The summed E-state index contributed by atoms with van der Waals surface area (Å²) in [6, 6.07) is 0. The van der Waals surface area contributed by atoms with Gasteiger partial charge in [-0.15, -0.1) is 0 Å². The van der Waals surface area contributed by atoms with Crippen molar-refractivity contribution >= 4 is 11.9 Å². The highest BCUT2D eigenvalue weighted by Crippen LogP contribution is 2.17. The van der Waals surface area contributed by atoms with Gasteiger partial charge in [0.05, 0.1) is 0 Å². The van der Waals surface area contributed by atoms with E-state index >= 15 is 0 Å². The molecule has 0 radical (unpaired) electrons. The molecular formula is C18H30O4. The van der Waals surface area contributed by atoms with Crippen LogP contribution in [-0.2, 0) is 19.1 Å². The molecule has 0 aromatic heterocycles. The minimum Gasteiger partial charge on any atom is -0.431 e. The van der Waals surface area contributed by atoms with Crippen molar-refractivity contribution in [3.05, 3.63) is 23.7 Å². The summed E-state index contributed by atoms with van der Waals surface area (Å²) in [6.45, 7) is 11.3. The Hall–Kier alpha value is -1.58. The van der Waals surface area contributed by atoms with Gasteiger partial charge in [-0.1, -0.05) is 27.7 Å². The van der Waals surface area contributed by atoms with Gasteiger partial charge in [0.25, 0.3) is 0 Å². The Kier molecular flexibility index (Phi) is 10.3. The molecule has 0 heterocycles. The Morgan fingerprint density at radius 1 is 0.773 bits per heavy atom. The Bertz CT molecular complexity index is 377. The maximum Gasteiger partial charge on any atom is 0.307 e. The number of ether oxygens (including phenoxy) is 2. The normalized spacial score (nSPS) is 12.7. The predicted molar refractivity (Wildman–Crippen MR) is 87.8 cm³/mol. The van der Waals surface area contributed by atoms with Gasteiger partial charge in [-0.25, -0.2) is 0 Å². The average molecular weight is 310 g/mol. The molecule has 0 fully saturated rings. The monoisotopic (exact) mass is 310 g/mol. The number of esters is 2. The van der Waals surface area contributed by atoms with Crippen LogP contribution in [0.3, 0.4) is 0 Å². The fourth-order valence-corrected chi connectivity index (χ4v) is 1.75. The van der Waals surface area contributed by atoms with E-state index in [0.717, 1.165) is 12.8 Å². The van der Waals surface area contributed by atoms with E-state index < -0.39 is 0 Å². The molecule has 126 valence electrons. The smallest absolute Gasteiger partial charge is 0.307 e. The number of hydrogen-bond acceptors (Lipinski definition) is 4. The Balaban J connectivity index is 4.99. The summed E-state index contributed by atoms with van der Waals surface area (Å²) in [5, 5.41) is 0. The molecule has 0 bridgehead atoms. The summed E-state index contributed by atoms with van der Waals surface area (Å²) >= 11 is 0. The van der Waals surface area contributed by atoms with Crippen LogP contribution in [0.2, 0.25) is 0 Å². The quantitative estimate of drug-likeness (QED) is 0.350. The van der Waals surface area contributed by atoms with Crippen molar-refractivity contribution in [2.45, 2.75) is 67.2 Å². The summed E-state index contributed by atoms with van der Waals surface area (Å²) < 4.78 is 10.4. The molecule has 0 aromatic rings. The van der Waals surface area contributed by atoms with E-state index in [9.17, 15) is 9.59 Å². The first-order chi connectivity index (χ1) is 10.2. The van der Waals surface area contributed by atoms with Crippen molar-refractivity contribution in [1.29, 1.82) is 0 Å². The van der Waals surface area contributed by atoms with Gasteiger partial charge in [0.15, 0.2) is 0 Å². The van der Waals surface area contributed by atoms with Crippen LogP contribution in [0.1, 0.15) is 67.2 Å². The molecule has 0 aliphatic rings. The number of rotatable bonds is 9. The first-order valence-electron chi connectivity index (χ1n) is 7.97. The van der Waals surface area contributed by atoms with E-state index in [4.69, 9.17) is 9.47 Å². The molecule has 0 amide bonds. The van der Waals surface area contributed by atoms with Crippen LogP contribution >= 0.6 is 0 Å². The Labute approximate surface area is 134 Å².